The molecule has 0 aromatic rings. The molecule has 0 saturated heterocycles. The second kappa shape index (κ2) is 5.22. The van der Waals surface area contributed by atoms with Crippen molar-refractivity contribution in [3.8, 4) is 0 Å². The van der Waals surface area contributed by atoms with Gasteiger partial charge in [-0.05, 0) is 38.1 Å². The van der Waals surface area contributed by atoms with Gasteiger partial charge in [-0.25, -0.2) is 0 Å². The summed E-state index contributed by atoms with van der Waals surface area (Å²) in [5.41, 5.74) is -0.972. The minimum absolute atomic E-state index is 0.106. The lowest BCUT2D eigenvalue weighted by Gasteiger charge is -2.40. The summed E-state index contributed by atoms with van der Waals surface area (Å²) in [6, 6.07) is 0. The fourth-order valence-corrected chi connectivity index (χ4v) is 2.90. The van der Waals surface area contributed by atoms with Crippen molar-refractivity contribution in [1.29, 1.82) is 0 Å². The van der Waals surface area contributed by atoms with Gasteiger partial charge >= 0.3 is 0 Å². The molecule has 102 valence electrons. The van der Waals surface area contributed by atoms with Gasteiger partial charge in [0.1, 0.15) is 0 Å². The minimum atomic E-state index is -0.700. The summed E-state index contributed by atoms with van der Waals surface area (Å²) in [6.07, 6.45) is 1.15. The lowest BCUT2D eigenvalue weighted by Crippen LogP contribution is -2.46. The number of hydrogen-bond donors (Lipinski definition) is 3. The fraction of sp³-hybridized carbons (Fsp3) is 1.00. The molecular weight excluding hydrogens is 218 g/mol. The van der Waals surface area contributed by atoms with E-state index in [9.17, 15) is 10.2 Å². The normalized spacial score (nSPS) is 34.2. The lowest BCUT2D eigenvalue weighted by atomic mass is 9.71. The van der Waals surface area contributed by atoms with Crippen LogP contribution in [0, 0.1) is 11.3 Å². The van der Waals surface area contributed by atoms with E-state index in [1.54, 1.807) is 0 Å². The molecule has 0 amide bonds. The second-order valence-electron chi connectivity index (χ2n) is 6.19. The Hall–Kier alpha value is -0.160. The highest BCUT2D eigenvalue weighted by molar-refractivity contribution is 5.03. The predicted octanol–water partition coefficient (Wildman–Crippen LogP) is 0.459. The van der Waals surface area contributed by atoms with Crippen LogP contribution in [0.3, 0.4) is 0 Å². The van der Waals surface area contributed by atoms with Crippen LogP contribution >= 0.6 is 0 Å². The fourth-order valence-electron chi connectivity index (χ4n) is 2.90. The maximum atomic E-state index is 10.3. The van der Waals surface area contributed by atoms with Crippen LogP contribution in [0.15, 0.2) is 0 Å². The average Bonchev–Trinajstić information content (AvgIpc) is 2.36. The van der Waals surface area contributed by atoms with Gasteiger partial charge in [0.2, 0.25) is 0 Å². The molecule has 3 atom stereocenters. The third-order valence-electron chi connectivity index (χ3n) is 4.70. The Labute approximate surface area is 104 Å². The zero-order valence-electron chi connectivity index (χ0n) is 11.5. The SMILES string of the molecule is CN(CCO)CC(O)C1CCC(C)(O)C1(C)C. The monoisotopic (exact) mass is 245 g/mol. The highest BCUT2D eigenvalue weighted by Gasteiger charge is 2.52. The number of aliphatic hydroxyl groups excluding tert-OH is 2. The summed E-state index contributed by atoms with van der Waals surface area (Å²) in [7, 11) is 1.89. The summed E-state index contributed by atoms with van der Waals surface area (Å²) < 4.78 is 0. The van der Waals surface area contributed by atoms with Crippen molar-refractivity contribution in [2.24, 2.45) is 11.3 Å². The number of aliphatic hydroxyl groups is 3. The number of hydrogen-bond acceptors (Lipinski definition) is 4. The number of likely N-dealkylation sites (N-methyl/N-ethyl adjacent to an activating group) is 1. The van der Waals surface area contributed by atoms with Crippen LogP contribution in [-0.4, -0.2) is 58.7 Å². The van der Waals surface area contributed by atoms with E-state index in [1.807, 2.05) is 32.7 Å². The molecule has 3 unspecified atom stereocenters. The standard InChI is InChI=1S/C13H27NO3/c1-12(2)10(5-6-13(12,3)17)11(16)9-14(4)7-8-15/h10-11,15-17H,5-9H2,1-4H3. The first kappa shape index (κ1) is 14.9. The van der Waals surface area contributed by atoms with Crippen molar-refractivity contribution in [1.82, 2.24) is 4.90 Å². The van der Waals surface area contributed by atoms with Gasteiger partial charge in [-0.3, -0.25) is 0 Å². The third kappa shape index (κ3) is 2.99. The zero-order valence-corrected chi connectivity index (χ0v) is 11.5. The number of nitrogens with zero attached hydrogens (tertiary/aromatic N) is 1. The van der Waals surface area contributed by atoms with Crippen molar-refractivity contribution in [2.75, 3.05) is 26.7 Å². The van der Waals surface area contributed by atoms with E-state index in [0.717, 1.165) is 12.8 Å². The molecule has 4 heteroatoms. The topological polar surface area (TPSA) is 63.9 Å². The van der Waals surface area contributed by atoms with Gasteiger partial charge in [0.15, 0.2) is 0 Å². The van der Waals surface area contributed by atoms with Crippen molar-refractivity contribution >= 4 is 0 Å². The molecule has 3 N–H and O–H groups in total. The third-order valence-corrected chi connectivity index (χ3v) is 4.70. The highest BCUT2D eigenvalue weighted by atomic mass is 16.3. The Bertz CT molecular complexity index is 253. The maximum absolute atomic E-state index is 10.3. The molecule has 1 rings (SSSR count). The van der Waals surface area contributed by atoms with Gasteiger partial charge in [-0.1, -0.05) is 13.8 Å². The molecule has 1 saturated carbocycles. The van der Waals surface area contributed by atoms with E-state index in [0.29, 0.717) is 13.1 Å². The van der Waals surface area contributed by atoms with E-state index in [1.165, 1.54) is 0 Å². The first-order valence-electron chi connectivity index (χ1n) is 6.42. The Morgan fingerprint density at radius 1 is 1.35 bits per heavy atom. The van der Waals surface area contributed by atoms with Crippen LogP contribution in [0.2, 0.25) is 0 Å². The summed E-state index contributed by atoms with van der Waals surface area (Å²) in [6.45, 7) is 7.14. The van der Waals surface area contributed by atoms with Gasteiger partial charge in [-0.2, -0.15) is 0 Å². The number of rotatable bonds is 5. The van der Waals surface area contributed by atoms with Crippen LogP contribution in [-0.2, 0) is 0 Å². The molecule has 4 nitrogen and oxygen atoms in total. The second-order valence-corrected chi connectivity index (χ2v) is 6.19. The van der Waals surface area contributed by atoms with Gasteiger partial charge in [0.25, 0.3) is 0 Å². The summed E-state index contributed by atoms with van der Waals surface area (Å²) in [5, 5.41) is 29.4. The molecule has 17 heavy (non-hydrogen) atoms. The van der Waals surface area contributed by atoms with Gasteiger partial charge < -0.3 is 20.2 Å². The lowest BCUT2D eigenvalue weighted by molar-refractivity contribution is -0.0710. The Morgan fingerprint density at radius 2 is 1.94 bits per heavy atom. The molecule has 0 aromatic heterocycles. The molecule has 1 aliphatic carbocycles. The molecule has 1 aliphatic rings. The van der Waals surface area contributed by atoms with Crippen molar-refractivity contribution < 1.29 is 15.3 Å². The molecule has 1 fully saturated rings. The van der Waals surface area contributed by atoms with E-state index in [2.05, 4.69) is 0 Å². The summed E-state index contributed by atoms with van der Waals surface area (Å²) >= 11 is 0. The Balaban J connectivity index is 2.62. The molecule has 0 aliphatic heterocycles. The molecule has 0 spiro atoms. The predicted molar refractivity (Wildman–Crippen MR) is 67.7 cm³/mol. The molecule has 0 heterocycles. The van der Waals surface area contributed by atoms with Crippen LogP contribution in [0.5, 0.6) is 0 Å². The summed E-state index contributed by atoms with van der Waals surface area (Å²) in [5.74, 6) is 0.110. The van der Waals surface area contributed by atoms with Crippen LogP contribution < -0.4 is 0 Å². The van der Waals surface area contributed by atoms with Gasteiger partial charge in [0, 0.05) is 13.1 Å². The van der Waals surface area contributed by atoms with Crippen molar-refractivity contribution in [3.05, 3.63) is 0 Å². The quantitative estimate of drug-likeness (QED) is 0.658. The summed E-state index contributed by atoms with van der Waals surface area (Å²) in [4.78, 5) is 1.92. The smallest absolute Gasteiger partial charge is 0.0701 e. The van der Waals surface area contributed by atoms with Crippen molar-refractivity contribution in [3.63, 3.8) is 0 Å². The average molecular weight is 245 g/mol. The zero-order chi connectivity index (χ0) is 13.3. The maximum Gasteiger partial charge on any atom is 0.0701 e. The van der Waals surface area contributed by atoms with Crippen molar-refractivity contribution in [2.45, 2.75) is 45.3 Å². The van der Waals surface area contributed by atoms with E-state index < -0.39 is 11.7 Å². The molecule has 0 aromatic carbocycles. The van der Waals surface area contributed by atoms with E-state index >= 15 is 0 Å². The Kier molecular flexibility index (Phi) is 4.58. The first-order valence-corrected chi connectivity index (χ1v) is 6.42. The molecule has 0 bridgehead atoms. The van der Waals surface area contributed by atoms with Crippen LogP contribution in [0.1, 0.15) is 33.6 Å². The largest absolute Gasteiger partial charge is 0.395 e. The minimum Gasteiger partial charge on any atom is -0.395 e. The molecular formula is C13H27NO3. The molecule has 0 radical (unpaired) electrons. The van der Waals surface area contributed by atoms with E-state index in [4.69, 9.17) is 5.11 Å². The Morgan fingerprint density at radius 3 is 2.35 bits per heavy atom. The van der Waals surface area contributed by atoms with E-state index in [-0.39, 0.29) is 17.9 Å². The highest BCUT2D eigenvalue weighted by Crippen LogP contribution is 2.51. The van der Waals surface area contributed by atoms with Crippen LogP contribution in [0.4, 0.5) is 0 Å². The van der Waals surface area contributed by atoms with Gasteiger partial charge in [0.05, 0.1) is 18.3 Å². The van der Waals surface area contributed by atoms with Gasteiger partial charge in [-0.15, -0.1) is 0 Å². The van der Waals surface area contributed by atoms with Crippen LogP contribution in [0.25, 0.3) is 0 Å². The first-order chi connectivity index (χ1) is 7.72.